The van der Waals surface area contributed by atoms with Gasteiger partial charge >= 0.3 is 5.69 Å². The molecule has 11 heteroatoms. The first-order valence-corrected chi connectivity index (χ1v) is 11.7. The molecule has 1 aromatic heterocycles. The molecule has 34 heavy (non-hydrogen) atoms. The molecule has 2 aliphatic rings. The number of nitrogens with one attached hydrogen (secondary N) is 1. The maximum Gasteiger partial charge on any atom is 0.353 e. The van der Waals surface area contributed by atoms with Crippen LogP contribution in [-0.2, 0) is 13.1 Å². The van der Waals surface area contributed by atoms with Gasteiger partial charge in [0.15, 0.2) is 11.5 Å². The summed E-state index contributed by atoms with van der Waals surface area (Å²) in [4.78, 5) is 24.3. The van der Waals surface area contributed by atoms with E-state index < -0.39 is 4.92 Å². The van der Waals surface area contributed by atoms with Crippen LogP contribution in [0.2, 0.25) is 0 Å². The predicted octanol–water partition coefficient (Wildman–Crippen LogP) is 3.81. The standard InChI is InChI=1S/C23H23BrN6O4/c24-18-4-2-1-3-17(18)12-25-22-21(30(31)32)23(27-14-26-22)29-9-7-28(8-10-29)13-16-5-6-19-20(11-16)34-15-33-19/h1-6,11,14H,7-10,12-13,15H2,(H,25,26,27). The summed E-state index contributed by atoms with van der Waals surface area (Å²) >= 11 is 3.51. The molecule has 0 saturated carbocycles. The molecule has 3 aromatic rings. The highest BCUT2D eigenvalue weighted by Gasteiger charge is 2.29. The average Bonchev–Trinajstić information content (AvgIpc) is 3.32. The van der Waals surface area contributed by atoms with Crippen molar-refractivity contribution in [2.24, 2.45) is 0 Å². The number of hydrogen-bond donors (Lipinski definition) is 1. The van der Waals surface area contributed by atoms with Crippen LogP contribution in [0, 0.1) is 10.1 Å². The zero-order chi connectivity index (χ0) is 23.5. The molecule has 2 aromatic carbocycles. The molecular formula is C23H23BrN6O4. The monoisotopic (exact) mass is 526 g/mol. The minimum atomic E-state index is -0.406. The smallest absolute Gasteiger partial charge is 0.353 e. The Morgan fingerprint density at radius 2 is 1.85 bits per heavy atom. The number of benzene rings is 2. The minimum absolute atomic E-state index is 0.0984. The van der Waals surface area contributed by atoms with E-state index in [0.29, 0.717) is 25.5 Å². The molecule has 0 spiro atoms. The minimum Gasteiger partial charge on any atom is -0.454 e. The highest BCUT2D eigenvalue weighted by atomic mass is 79.9. The quantitative estimate of drug-likeness (QED) is 0.363. The van der Waals surface area contributed by atoms with Gasteiger partial charge in [-0.3, -0.25) is 15.0 Å². The van der Waals surface area contributed by atoms with Crippen LogP contribution in [0.5, 0.6) is 11.5 Å². The molecule has 2 aliphatic heterocycles. The Bertz CT molecular complexity index is 1200. The lowest BCUT2D eigenvalue weighted by Gasteiger charge is -2.35. The van der Waals surface area contributed by atoms with Crippen LogP contribution in [0.3, 0.4) is 0 Å². The molecule has 10 nitrogen and oxygen atoms in total. The first-order valence-electron chi connectivity index (χ1n) is 10.9. The summed E-state index contributed by atoms with van der Waals surface area (Å²) in [6, 6.07) is 13.7. The number of aromatic nitrogens is 2. The fraction of sp³-hybridized carbons (Fsp3) is 0.304. The van der Waals surface area contributed by atoms with Crippen molar-refractivity contribution in [3.05, 3.63) is 74.5 Å². The topological polar surface area (TPSA) is 106 Å². The van der Waals surface area contributed by atoms with Crippen molar-refractivity contribution >= 4 is 33.3 Å². The van der Waals surface area contributed by atoms with Gasteiger partial charge in [0, 0.05) is 43.7 Å². The number of anilines is 2. The second-order valence-corrected chi connectivity index (χ2v) is 8.90. The zero-order valence-corrected chi connectivity index (χ0v) is 19.9. The van der Waals surface area contributed by atoms with Crippen molar-refractivity contribution in [3.8, 4) is 11.5 Å². The summed E-state index contributed by atoms with van der Waals surface area (Å²) < 4.78 is 11.8. The Morgan fingerprint density at radius 1 is 1.06 bits per heavy atom. The van der Waals surface area contributed by atoms with Crippen LogP contribution < -0.4 is 19.7 Å². The molecule has 1 fully saturated rings. The first kappa shape index (κ1) is 22.4. The van der Waals surface area contributed by atoms with Crippen LogP contribution in [0.4, 0.5) is 17.3 Å². The maximum absolute atomic E-state index is 12.0. The zero-order valence-electron chi connectivity index (χ0n) is 18.3. The number of piperazine rings is 1. The van der Waals surface area contributed by atoms with E-state index >= 15 is 0 Å². The molecule has 1 N–H and O–H groups in total. The van der Waals surface area contributed by atoms with E-state index in [2.05, 4.69) is 36.1 Å². The van der Waals surface area contributed by atoms with E-state index in [1.165, 1.54) is 6.33 Å². The second-order valence-electron chi connectivity index (χ2n) is 8.05. The highest BCUT2D eigenvalue weighted by molar-refractivity contribution is 9.10. The van der Waals surface area contributed by atoms with E-state index in [9.17, 15) is 10.1 Å². The van der Waals surface area contributed by atoms with E-state index in [-0.39, 0.29) is 18.3 Å². The molecule has 3 heterocycles. The number of rotatable bonds is 7. The number of nitro groups is 1. The lowest BCUT2D eigenvalue weighted by Crippen LogP contribution is -2.46. The SMILES string of the molecule is O=[N+]([O-])c1c(NCc2ccccc2Br)ncnc1N1CCN(Cc2ccc3c(c2)OCO3)CC1. The largest absolute Gasteiger partial charge is 0.454 e. The number of halogens is 1. The van der Waals surface area contributed by atoms with Gasteiger partial charge in [0.2, 0.25) is 18.4 Å². The van der Waals surface area contributed by atoms with E-state index in [1.54, 1.807) is 0 Å². The normalized spacial score (nSPS) is 15.4. The Balaban J connectivity index is 1.26. The maximum atomic E-state index is 12.0. The van der Waals surface area contributed by atoms with Crippen molar-refractivity contribution in [1.29, 1.82) is 0 Å². The third kappa shape index (κ3) is 4.75. The van der Waals surface area contributed by atoms with Gasteiger partial charge in [0.1, 0.15) is 6.33 Å². The molecule has 0 unspecified atom stereocenters. The van der Waals surface area contributed by atoms with Crippen LogP contribution in [0.15, 0.2) is 53.3 Å². The first-order chi connectivity index (χ1) is 16.6. The molecule has 0 bridgehead atoms. The fourth-order valence-electron chi connectivity index (χ4n) is 4.13. The molecule has 0 amide bonds. The number of nitrogens with zero attached hydrogens (tertiary/aromatic N) is 5. The summed E-state index contributed by atoms with van der Waals surface area (Å²) in [5.41, 5.74) is 2.03. The molecule has 176 valence electrons. The Hall–Kier alpha value is -3.44. The predicted molar refractivity (Wildman–Crippen MR) is 130 cm³/mol. The lowest BCUT2D eigenvalue weighted by molar-refractivity contribution is -0.383. The third-order valence-electron chi connectivity index (χ3n) is 5.90. The number of ether oxygens (including phenoxy) is 2. The van der Waals surface area contributed by atoms with Gasteiger partial charge in [0.05, 0.1) is 4.92 Å². The average molecular weight is 527 g/mol. The van der Waals surface area contributed by atoms with E-state index in [0.717, 1.165) is 46.7 Å². The molecule has 0 atom stereocenters. The van der Waals surface area contributed by atoms with Crippen LogP contribution >= 0.6 is 15.9 Å². The fourth-order valence-corrected chi connectivity index (χ4v) is 4.56. The van der Waals surface area contributed by atoms with Gasteiger partial charge in [-0.2, -0.15) is 0 Å². The van der Waals surface area contributed by atoms with Gasteiger partial charge in [0.25, 0.3) is 0 Å². The molecule has 1 saturated heterocycles. The molecule has 5 rings (SSSR count). The summed E-state index contributed by atoms with van der Waals surface area (Å²) in [5, 5.41) is 15.1. The third-order valence-corrected chi connectivity index (χ3v) is 6.68. The number of hydrogen-bond acceptors (Lipinski definition) is 9. The van der Waals surface area contributed by atoms with Crippen LogP contribution in [0.1, 0.15) is 11.1 Å². The Morgan fingerprint density at radius 3 is 2.65 bits per heavy atom. The molecular weight excluding hydrogens is 504 g/mol. The summed E-state index contributed by atoms with van der Waals surface area (Å²) in [6.45, 7) is 4.22. The van der Waals surface area contributed by atoms with Gasteiger partial charge in [-0.15, -0.1) is 0 Å². The van der Waals surface area contributed by atoms with Crippen molar-refractivity contribution in [2.45, 2.75) is 13.1 Å². The second kappa shape index (κ2) is 9.82. The molecule has 0 aliphatic carbocycles. The van der Waals surface area contributed by atoms with Gasteiger partial charge in [-0.25, -0.2) is 9.97 Å². The Kier molecular flexibility index (Phi) is 6.45. The van der Waals surface area contributed by atoms with Crippen molar-refractivity contribution in [3.63, 3.8) is 0 Å². The van der Waals surface area contributed by atoms with Crippen molar-refractivity contribution in [2.75, 3.05) is 43.2 Å². The van der Waals surface area contributed by atoms with Crippen molar-refractivity contribution in [1.82, 2.24) is 14.9 Å². The van der Waals surface area contributed by atoms with Crippen LogP contribution in [-0.4, -0.2) is 52.8 Å². The van der Waals surface area contributed by atoms with E-state index in [1.807, 2.05) is 47.4 Å². The lowest BCUT2D eigenvalue weighted by atomic mass is 10.1. The summed E-state index contributed by atoms with van der Waals surface area (Å²) in [6.07, 6.45) is 1.38. The highest BCUT2D eigenvalue weighted by Crippen LogP contribution is 2.34. The van der Waals surface area contributed by atoms with Gasteiger partial charge in [-0.05, 0) is 29.3 Å². The number of fused-ring (bicyclic) bond motifs is 1. The molecule has 0 radical (unpaired) electrons. The van der Waals surface area contributed by atoms with Crippen molar-refractivity contribution < 1.29 is 14.4 Å². The van der Waals surface area contributed by atoms with Gasteiger partial charge < -0.3 is 19.7 Å². The van der Waals surface area contributed by atoms with Gasteiger partial charge in [-0.1, -0.05) is 40.2 Å². The van der Waals surface area contributed by atoms with E-state index in [4.69, 9.17) is 9.47 Å². The Labute approximate surface area is 204 Å². The summed E-state index contributed by atoms with van der Waals surface area (Å²) in [5.74, 6) is 2.11. The summed E-state index contributed by atoms with van der Waals surface area (Å²) in [7, 11) is 0. The van der Waals surface area contributed by atoms with Crippen LogP contribution in [0.25, 0.3) is 0 Å².